The number of guanidine groups is 1. The van der Waals surface area contributed by atoms with Gasteiger partial charge in [0, 0.05) is 44.7 Å². The van der Waals surface area contributed by atoms with E-state index in [0.717, 1.165) is 70.5 Å². The van der Waals surface area contributed by atoms with Crippen molar-refractivity contribution in [2.75, 3.05) is 39.5 Å². The van der Waals surface area contributed by atoms with Crippen LogP contribution in [-0.4, -0.2) is 51.5 Å². The first kappa shape index (κ1) is 19.2. The highest BCUT2D eigenvalue weighted by Gasteiger charge is 2.16. The molecule has 146 valence electrons. The third-order valence-corrected chi connectivity index (χ3v) is 5.03. The van der Waals surface area contributed by atoms with Gasteiger partial charge in [-0.3, -0.25) is 4.99 Å². The Morgan fingerprint density at radius 1 is 1.27 bits per heavy atom. The Labute approximate surface area is 156 Å². The van der Waals surface area contributed by atoms with Crippen molar-refractivity contribution in [1.29, 1.82) is 0 Å². The number of rotatable bonds is 10. The number of nitrogens with one attached hydrogen (secondary N) is 2. The van der Waals surface area contributed by atoms with E-state index in [0.29, 0.717) is 12.0 Å². The molecule has 2 fully saturated rings. The molecule has 3 rings (SSSR count). The van der Waals surface area contributed by atoms with Crippen LogP contribution in [-0.2, 0) is 15.9 Å². The summed E-state index contributed by atoms with van der Waals surface area (Å²) in [5.41, 5.74) is 0. The first-order valence-corrected chi connectivity index (χ1v) is 10.1. The molecule has 1 unspecified atom stereocenters. The molecule has 0 radical (unpaired) electrons. The summed E-state index contributed by atoms with van der Waals surface area (Å²) in [6.45, 7) is 4.93. The number of nitrogens with zero attached hydrogens (tertiary/aromatic N) is 1. The highest BCUT2D eigenvalue weighted by atomic mass is 16.5. The molecule has 1 aromatic rings. The van der Waals surface area contributed by atoms with Crippen LogP contribution in [0, 0.1) is 5.92 Å². The summed E-state index contributed by atoms with van der Waals surface area (Å²) in [6.07, 6.45) is 9.78. The molecule has 6 heteroatoms. The SMILES string of the molecule is c1coc(CCNC(=NCCCOCC2CCOC2)NC2CCCC2)c1. The van der Waals surface area contributed by atoms with Gasteiger partial charge in [0.25, 0.3) is 0 Å². The van der Waals surface area contributed by atoms with Crippen molar-refractivity contribution in [3.63, 3.8) is 0 Å². The summed E-state index contributed by atoms with van der Waals surface area (Å²) < 4.78 is 16.5. The maximum absolute atomic E-state index is 5.76. The Morgan fingerprint density at radius 3 is 2.96 bits per heavy atom. The Kier molecular flexibility index (Phi) is 8.32. The standard InChI is InChI=1S/C20H33N3O3/c1-2-6-18(5-1)23-20(22-11-8-19-7-3-13-26-19)21-10-4-12-24-15-17-9-14-25-16-17/h3,7,13,17-18H,1-2,4-6,8-12,14-16H2,(H2,21,22,23). The van der Waals surface area contributed by atoms with Crippen LogP contribution < -0.4 is 10.6 Å². The summed E-state index contributed by atoms with van der Waals surface area (Å²) in [5.74, 6) is 2.51. The monoisotopic (exact) mass is 363 g/mol. The molecule has 2 heterocycles. The van der Waals surface area contributed by atoms with E-state index in [-0.39, 0.29) is 0 Å². The normalized spacial score (nSPS) is 21.4. The topological polar surface area (TPSA) is 68.0 Å². The average molecular weight is 364 g/mol. The number of furan rings is 1. The van der Waals surface area contributed by atoms with Crippen LogP contribution in [0.4, 0.5) is 0 Å². The van der Waals surface area contributed by atoms with Crippen LogP contribution >= 0.6 is 0 Å². The second kappa shape index (κ2) is 11.2. The molecule has 1 aromatic heterocycles. The molecule has 1 aliphatic heterocycles. The van der Waals surface area contributed by atoms with Gasteiger partial charge in [-0.1, -0.05) is 12.8 Å². The average Bonchev–Trinajstić information content (AvgIpc) is 3.41. The highest BCUT2D eigenvalue weighted by Crippen LogP contribution is 2.17. The van der Waals surface area contributed by atoms with E-state index in [4.69, 9.17) is 18.9 Å². The minimum Gasteiger partial charge on any atom is -0.469 e. The van der Waals surface area contributed by atoms with Gasteiger partial charge in [-0.05, 0) is 37.8 Å². The number of aliphatic imine (C=N–C) groups is 1. The van der Waals surface area contributed by atoms with Crippen LogP contribution in [0.2, 0.25) is 0 Å². The lowest BCUT2D eigenvalue weighted by atomic mass is 10.1. The van der Waals surface area contributed by atoms with Gasteiger partial charge in [0.2, 0.25) is 0 Å². The Morgan fingerprint density at radius 2 is 2.19 bits per heavy atom. The maximum atomic E-state index is 5.76. The van der Waals surface area contributed by atoms with Gasteiger partial charge in [-0.25, -0.2) is 0 Å². The molecule has 2 N–H and O–H groups in total. The Bertz CT molecular complexity index is 506. The predicted molar refractivity (Wildman–Crippen MR) is 102 cm³/mol. The molecule has 1 saturated heterocycles. The zero-order valence-electron chi connectivity index (χ0n) is 15.8. The molecule has 1 aliphatic carbocycles. The lowest BCUT2D eigenvalue weighted by molar-refractivity contribution is 0.0893. The van der Waals surface area contributed by atoms with Gasteiger partial charge < -0.3 is 24.5 Å². The largest absolute Gasteiger partial charge is 0.469 e. The highest BCUT2D eigenvalue weighted by molar-refractivity contribution is 5.80. The summed E-state index contributed by atoms with van der Waals surface area (Å²) in [5, 5.41) is 7.02. The van der Waals surface area contributed by atoms with Crippen molar-refractivity contribution in [1.82, 2.24) is 10.6 Å². The lowest BCUT2D eigenvalue weighted by Gasteiger charge is -2.17. The van der Waals surface area contributed by atoms with Crippen LogP contribution in [0.3, 0.4) is 0 Å². The van der Waals surface area contributed by atoms with Gasteiger partial charge in [0.1, 0.15) is 5.76 Å². The molecular weight excluding hydrogens is 330 g/mol. The van der Waals surface area contributed by atoms with E-state index in [1.807, 2.05) is 12.1 Å². The summed E-state index contributed by atoms with van der Waals surface area (Å²) >= 11 is 0. The van der Waals surface area contributed by atoms with E-state index in [2.05, 4.69) is 10.6 Å². The molecule has 2 aliphatic rings. The first-order chi connectivity index (χ1) is 12.9. The van der Waals surface area contributed by atoms with Crippen LogP contribution in [0.25, 0.3) is 0 Å². The lowest BCUT2D eigenvalue weighted by Crippen LogP contribution is -2.43. The molecule has 0 bridgehead atoms. The van der Waals surface area contributed by atoms with Crippen molar-refractivity contribution >= 4 is 5.96 Å². The van der Waals surface area contributed by atoms with Gasteiger partial charge >= 0.3 is 0 Å². The van der Waals surface area contributed by atoms with Crippen molar-refractivity contribution in [3.05, 3.63) is 24.2 Å². The Hall–Kier alpha value is -1.53. The minimum absolute atomic E-state index is 0.559. The molecule has 0 amide bonds. The molecule has 6 nitrogen and oxygen atoms in total. The third kappa shape index (κ3) is 7.00. The van der Waals surface area contributed by atoms with Crippen molar-refractivity contribution in [2.24, 2.45) is 10.9 Å². The van der Waals surface area contributed by atoms with Crippen molar-refractivity contribution in [3.8, 4) is 0 Å². The smallest absolute Gasteiger partial charge is 0.191 e. The van der Waals surface area contributed by atoms with Crippen LogP contribution in [0.1, 0.15) is 44.3 Å². The molecular formula is C20H33N3O3. The molecule has 26 heavy (non-hydrogen) atoms. The van der Waals surface area contributed by atoms with Gasteiger partial charge in [-0.15, -0.1) is 0 Å². The fourth-order valence-corrected chi connectivity index (χ4v) is 3.50. The molecule has 1 atom stereocenters. The number of hydrogen-bond donors (Lipinski definition) is 2. The first-order valence-electron chi connectivity index (χ1n) is 10.1. The van der Waals surface area contributed by atoms with E-state index in [1.165, 1.54) is 25.7 Å². The Balaban J connectivity index is 1.34. The summed E-state index contributed by atoms with van der Waals surface area (Å²) in [7, 11) is 0. The minimum atomic E-state index is 0.559. The van der Waals surface area contributed by atoms with Crippen molar-refractivity contribution in [2.45, 2.75) is 51.0 Å². The van der Waals surface area contributed by atoms with E-state index < -0.39 is 0 Å². The molecule has 1 saturated carbocycles. The zero-order chi connectivity index (χ0) is 17.9. The second-order valence-corrected chi connectivity index (χ2v) is 7.27. The van der Waals surface area contributed by atoms with E-state index in [1.54, 1.807) is 6.26 Å². The molecule has 0 aromatic carbocycles. The second-order valence-electron chi connectivity index (χ2n) is 7.27. The van der Waals surface area contributed by atoms with Gasteiger partial charge in [-0.2, -0.15) is 0 Å². The zero-order valence-corrected chi connectivity index (χ0v) is 15.8. The van der Waals surface area contributed by atoms with Crippen LogP contribution in [0.15, 0.2) is 27.8 Å². The number of ether oxygens (including phenoxy) is 2. The third-order valence-electron chi connectivity index (χ3n) is 5.03. The molecule has 0 spiro atoms. The van der Waals surface area contributed by atoms with Gasteiger partial charge in [0.15, 0.2) is 5.96 Å². The maximum Gasteiger partial charge on any atom is 0.191 e. The van der Waals surface area contributed by atoms with Crippen LogP contribution in [0.5, 0.6) is 0 Å². The predicted octanol–water partition coefficient (Wildman–Crippen LogP) is 2.74. The van der Waals surface area contributed by atoms with Gasteiger partial charge in [0.05, 0.1) is 19.5 Å². The van der Waals surface area contributed by atoms with E-state index >= 15 is 0 Å². The number of hydrogen-bond acceptors (Lipinski definition) is 4. The van der Waals surface area contributed by atoms with Crippen molar-refractivity contribution < 1.29 is 13.9 Å². The fourth-order valence-electron chi connectivity index (χ4n) is 3.50. The summed E-state index contributed by atoms with van der Waals surface area (Å²) in [6, 6.07) is 4.50. The fraction of sp³-hybridized carbons (Fsp3) is 0.750. The quantitative estimate of drug-likeness (QED) is 0.380. The van der Waals surface area contributed by atoms with E-state index in [9.17, 15) is 0 Å². The summed E-state index contributed by atoms with van der Waals surface area (Å²) in [4.78, 5) is 4.73.